The Hall–Kier alpha value is -1.46. The summed E-state index contributed by atoms with van der Waals surface area (Å²) in [5.74, 6) is -0.0676. The molecule has 1 aliphatic rings. The van der Waals surface area contributed by atoms with Gasteiger partial charge in [0.2, 0.25) is 5.91 Å². The molecule has 18 heavy (non-hydrogen) atoms. The van der Waals surface area contributed by atoms with Crippen LogP contribution >= 0.6 is 12.2 Å². The number of anilines is 1. The van der Waals surface area contributed by atoms with Gasteiger partial charge in [-0.1, -0.05) is 24.4 Å². The van der Waals surface area contributed by atoms with E-state index in [2.05, 4.69) is 5.32 Å². The smallest absolute Gasteiger partial charge is 0.229 e. The standard InChI is InChI=1S/C13H16N2O2S/c14-12(18)9-3-1-5-11(7-9)15-13(16)10-4-2-6-17-8-10/h1,3,5,7,10H,2,4,6,8H2,(H2,14,18)(H,15,16). The maximum Gasteiger partial charge on any atom is 0.229 e. The highest BCUT2D eigenvalue weighted by Gasteiger charge is 2.21. The van der Waals surface area contributed by atoms with Crippen LogP contribution in [0.25, 0.3) is 0 Å². The van der Waals surface area contributed by atoms with E-state index in [0.717, 1.165) is 30.7 Å². The van der Waals surface area contributed by atoms with Crippen LogP contribution in [0.2, 0.25) is 0 Å². The van der Waals surface area contributed by atoms with Gasteiger partial charge in [0.15, 0.2) is 0 Å². The summed E-state index contributed by atoms with van der Waals surface area (Å²) in [6.07, 6.45) is 1.81. The van der Waals surface area contributed by atoms with E-state index in [4.69, 9.17) is 22.7 Å². The van der Waals surface area contributed by atoms with Gasteiger partial charge in [-0.25, -0.2) is 0 Å². The second-order valence-corrected chi connectivity index (χ2v) is 4.79. The number of nitrogens with one attached hydrogen (secondary N) is 1. The zero-order chi connectivity index (χ0) is 13.0. The first-order valence-electron chi connectivity index (χ1n) is 5.95. The first-order chi connectivity index (χ1) is 8.66. The van der Waals surface area contributed by atoms with Crippen molar-refractivity contribution in [2.75, 3.05) is 18.5 Å². The normalized spacial score (nSPS) is 19.2. The van der Waals surface area contributed by atoms with Crippen molar-refractivity contribution in [2.45, 2.75) is 12.8 Å². The number of rotatable bonds is 3. The molecular formula is C13H16N2O2S. The lowest BCUT2D eigenvalue weighted by Crippen LogP contribution is -2.30. The molecule has 1 amide bonds. The molecule has 0 spiro atoms. The summed E-state index contributed by atoms with van der Waals surface area (Å²) < 4.78 is 5.30. The molecule has 1 aromatic carbocycles. The summed E-state index contributed by atoms with van der Waals surface area (Å²) in [6, 6.07) is 7.25. The van der Waals surface area contributed by atoms with Crippen molar-refractivity contribution in [2.24, 2.45) is 11.7 Å². The Kier molecular flexibility index (Phi) is 4.28. The Labute approximate surface area is 112 Å². The van der Waals surface area contributed by atoms with Crippen molar-refractivity contribution >= 4 is 28.8 Å². The van der Waals surface area contributed by atoms with Gasteiger partial charge in [-0.15, -0.1) is 0 Å². The minimum Gasteiger partial charge on any atom is -0.389 e. The Morgan fingerprint density at radius 2 is 2.33 bits per heavy atom. The topological polar surface area (TPSA) is 64.3 Å². The number of carbonyl (C=O) groups is 1. The lowest BCUT2D eigenvalue weighted by Gasteiger charge is -2.21. The Bertz CT molecular complexity index is 456. The predicted molar refractivity (Wildman–Crippen MR) is 74.5 cm³/mol. The maximum absolute atomic E-state index is 12.0. The van der Waals surface area contributed by atoms with E-state index in [0.29, 0.717) is 11.6 Å². The van der Waals surface area contributed by atoms with Gasteiger partial charge in [0.05, 0.1) is 12.5 Å². The Morgan fingerprint density at radius 3 is 3.00 bits per heavy atom. The Balaban J connectivity index is 2.02. The lowest BCUT2D eigenvalue weighted by molar-refractivity contribution is -0.123. The minimum atomic E-state index is -0.0627. The van der Waals surface area contributed by atoms with Gasteiger partial charge in [-0.3, -0.25) is 4.79 Å². The van der Waals surface area contributed by atoms with Gasteiger partial charge in [-0.2, -0.15) is 0 Å². The number of nitrogens with two attached hydrogens (primary N) is 1. The third kappa shape index (κ3) is 3.27. The van der Waals surface area contributed by atoms with Crippen molar-refractivity contribution in [1.29, 1.82) is 0 Å². The van der Waals surface area contributed by atoms with Crippen LogP contribution in [0.15, 0.2) is 24.3 Å². The SMILES string of the molecule is NC(=S)c1cccc(NC(=O)C2CCCOC2)c1. The summed E-state index contributed by atoms with van der Waals surface area (Å²) in [6.45, 7) is 1.25. The molecule has 0 aromatic heterocycles. The highest BCUT2D eigenvalue weighted by molar-refractivity contribution is 7.80. The van der Waals surface area contributed by atoms with Crippen LogP contribution in [-0.4, -0.2) is 24.1 Å². The monoisotopic (exact) mass is 264 g/mol. The molecule has 1 aromatic rings. The number of ether oxygens (including phenoxy) is 1. The molecule has 0 saturated carbocycles. The molecule has 1 fully saturated rings. The van der Waals surface area contributed by atoms with E-state index in [1.54, 1.807) is 6.07 Å². The van der Waals surface area contributed by atoms with Crippen molar-refractivity contribution < 1.29 is 9.53 Å². The average molecular weight is 264 g/mol. The third-order valence-corrected chi connectivity index (χ3v) is 3.18. The van der Waals surface area contributed by atoms with Gasteiger partial charge >= 0.3 is 0 Å². The summed E-state index contributed by atoms with van der Waals surface area (Å²) >= 11 is 4.91. The van der Waals surface area contributed by atoms with E-state index in [1.807, 2.05) is 18.2 Å². The second-order valence-electron chi connectivity index (χ2n) is 4.35. The number of benzene rings is 1. The number of carbonyl (C=O) groups excluding carboxylic acids is 1. The van der Waals surface area contributed by atoms with E-state index in [1.165, 1.54) is 0 Å². The van der Waals surface area contributed by atoms with E-state index in [-0.39, 0.29) is 11.8 Å². The van der Waals surface area contributed by atoms with Crippen molar-refractivity contribution in [3.05, 3.63) is 29.8 Å². The van der Waals surface area contributed by atoms with Gasteiger partial charge in [0.1, 0.15) is 4.99 Å². The fourth-order valence-corrected chi connectivity index (χ4v) is 2.07. The molecule has 0 radical (unpaired) electrons. The third-order valence-electron chi connectivity index (χ3n) is 2.95. The lowest BCUT2D eigenvalue weighted by atomic mass is 10.0. The molecule has 1 atom stereocenters. The van der Waals surface area contributed by atoms with E-state index in [9.17, 15) is 4.79 Å². The fraction of sp³-hybridized carbons (Fsp3) is 0.385. The fourth-order valence-electron chi connectivity index (χ4n) is 1.94. The van der Waals surface area contributed by atoms with Crippen LogP contribution in [0.1, 0.15) is 18.4 Å². The van der Waals surface area contributed by atoms with Gasteiger partial charge < -0.3 is 15.8 Å². The number of thiocarbonyl (C=S) groups is 1. The molecule has 1 heterocycles. The van der Waals surface area contributed by atoms with E-state index < -0.39 is 0 Å². The molecule has 1 saturated heterocycles. The summed E-state index contributed by atoms with van der Waals surface area (Å²) in [4.78, 5) is 12.3. The van der Waals surface area contributed by atoms with Crippen LogP contribution in [0.4, 0.5) is 5.69 Å². The molecule has 1 aliphatic heterocycles. The first kappa shape index (κ1) is 13.0. The predicted octanol–water partition coefficient (Wildman–Crippen LogP) is 1.69. The van der Waals surface area contributed by atoms with Crippen LogP contribution in [0, 0.1) is 5.92 Å². The summed E-state index contributed by atoms with van der Waals surface area (Å²) in [7, 11) is 0. The molecule has 3 N–H and O–H groups in total. The highest BCUT2D eigenvalue weighted by atomic mass is 32.1. The molecule has 5 heteroatoms. The summed E-state index contributed by atoms with van der Waals surface area (Å²) in [5.41, 5.74) is 7.03. The van der Waals surface area contributed by atoms with Gasteiger partial charge in [0, 0.05) is 17.9 Å². The van der Waals surface area contributed by atoms with Crippen molar-refractivity contribution in [1.82, 2.24) is 0 Å². The van der Waals surface area contributed by atoms with Crippen LogP contribution in [0.5, 0.6) is 0 Å². The molecule has 96 valence electrons. The Morgan fingerprint density at radius 1 is 1.50 bits per heavy atom. The highest BCUT2D eigenvalue weighted by Crippen LogP contribution is 2.17. The molecule has 0 bridgehead atoms. The van der Waals surface area contributed by atoms with Gasteiger partial charge in [0.25, 0.3) is 0 Å². The first-order valence-corrected chi connectivity index (χ1v) is 6.36. The van der Waals surface area contributed by atoms with Crippen LogP contribution < -0.4 is 11.1 Å². The van der Waals surface area contributed by atoms with Crippen molar-refractivity contribution in [3.8, 4) is 0 Å². The maximum atomic E-state index is 12.0. The average Bonchev–Trinajstić information content (AvgIpc) is 2.40. The quantitative estimate of drug-likeness (QED) is 0.815. The van der Waals surface area contributed by atoms with E-state index >= 15 is 0 Å². The number of hydrogen-bond acceptors (Lipinski definition) is 3. The summed E-state index contributed by atoms with van der Waals surface area (Å²) in [5, 5.41) is 2.87. The second kappa shape index (κ2) is 5.93. The van der Waals surface area contributed by atoms with Crippen molar-refractivity contribution in [3.63, 3.8) is 0 Å². The molecule has 1 unspecified atom stereocenters. The van der Waals surface area contributed by atoms with Gasteiger partial charge in [-0.05, 0) is 25.0 Å². The zero-order valence-electron chi connectivity index (χ0n) is 10.0. The van der Waals surface area contributed by atoms with Crippen LogP contribution in [0.3, 0.4) is 0 Å². The minimum absolute atomic E-state index is 0.00482. The number of hydrogen-bond donors (Lipinski definition) is 2. The number of amides is 1. The van der Waals surface area contributed by atoms with Crippen LogP contribution in [-0.2, 0) is 9.53 Å². The zero-order valence-corrected chi connectivity index (χ0v) is 10.8. The molecule has 2 rings (SSSR count). The molecular weight excluding hydrogens is 248 g/mol. The molecule has 0 aliphatic carbocycles. The largest absolute Gasteiger partial charge is 0.389 e. The molecule has 4 nitrogen and oxygen atoms in total.